The molecule has 1 rings (SSSR count). The van der Waals surface area contributed by atoms with E-state index in [4.69, 9.17) is 4.74 Å². The lowest BCUT2D eigenvalue weighted by Gasteiger charge is -2.14. The van der Waals surface area contributed by atoms with Gasteiger partial charge < -0.3 is 9.84 Å². The number of unbranched alkanes of at least 4 members (excludes halogenated alkanes) is 1. The standard InChI is InChI=1S/C14H17FO3/c1-3-4-9-18-14(17)10(2)13(16)11-7-5-6-8-12(11)15/h5-8,13,16H,2-4,9H2,1H3. The molecular weight excluding hydrogens is 235 g/mol. The van der Waals surface area contributed by atoms with Crippen molar-refractivity contribution in [1.82, 2.24) is 0 Å². The highest BCUT2D eigenvalue weighted by Crippen LogP contribution is 2.23. The first-order chi connectivity index (χ1) is 8.57. The highest BCUT2D eigenvalue weighted by molar-refractivity contribution is 5.89. The van der Waals surface area contributed by atoms with Crippen molar-refractivity contribution in [3.8, 4) is 0 Å². The molecule has 18 heavy (non-hydrogen) atoms. The summed E-state index contributed by atoms with van der Waals surface area (Å²) in [5.74, 6) is -1.27. The van der Waals surface area contributed by atoms with E-state index in [2.05, 4.69) is 6.58 Å². The number of halogens is 1. The van der Waals surface area contributed by atoms with Crippen molar-refractivity contribution in [2.75, 3.05) is 6.61 Å². The fraction of sp³-hybridized carbons (Fsp3) is 0.357. The molecule has 1 aromatic carbocycles. The summed E-state index contributed by atoms with van der Waals surface area (Å²) in [5.41, 5.74) is -0.133. The maximum absolute atomic E-state index is 13.4. The first-order valence-electron chi connectivity index (χ1n) is 5.86. The molecule has 0 saturated heterocycles. The van der Waals surface area contributed by atoms with Crippen molar-refractivity contribution in [2.24, 2.45) is 0 Å². The minimum atomic E-state index is -1.37. The molecule has 0 aromatic heterocycles. The Morgan fingerprint density at radius 3 is 2.78 bits per heavy atom. The zero-order valence-corrected chi connectivity index (χ0v) is 10.4. The molecular formula is C14H17FO3. The second-order valence-electron chi connectivity index (χ2n) is 3.94. The van der Waals surface area contributed by atoms with Crippen molar-refractivity contribution in [3.63, 3.8) is 0 Å². The van der Waals surface area contributed by atoms with Gasteiger partial charge in [-0.25, -0.2) is 9.18 Å². The van der Waals surface area contributed by atoms with Crippen LogP contribution in [0.2, 0.25) is 0 Å². The average molecular weight is 252 g/mol. The zero-order chi connectivity index (χ0) is 13.5. The first-order valence-corrected chi connectivity index (χ1v) is 5.86. The average Bonchev–Trinajstić information content (AvgIpc) is 2.38. The number of benzene rings is 1. The van der Waals surface area contributed by atoms with Gasteiger partial charge in [-0.2, -0.15) is 0 Å². The topological polar surface area (TPSA) is 46.5 Å². The molecule has 1 unspecified atom stereocenters. The van der Waals surface area contributed by atoms with Crippen LogP contribution in [0.15, 0.2) is 36.4 Å². The Morgan fingerprint density at radius 2 is 2.17 bits per heavy atom. The molecule has 0 amide bonds. The number of esters is 1. The van der Waals surface area contributed by atoms with Gasteiger partial charge in [0.15, 0.2) is 0 Å². The third kappa shape index (κ3) is 3.67. The molecule has 0 aliphatic rings. The predicted octanol–water partition coefficient (Wildman–Crippen LogP) is 2.76. The SMILES string of the molecule is C=C(C(=O)OCCCC)C(O)c1ccccc1F. The number of rotatable bonds is 6. The molecule has 0 radical (unpaired) electrons. The fourth-order valence-electron chi connectivity index (χ4n) is 1.40. The predicted molar refractivity (Wildman–Crippen MR) is 66.4 cm³/mol. The molecule has 0 bridgehead atoms. The number of carbonyl (C=O) groups excluding carboxylic acids is 1. The summed E-state index contributed by atoms with van der Waals surface area (Å²) in [4.78, 5) is 11.5. The van der Waals surface area contributed by atoms with Gasteiger partial charge in [-0.1, -0.05) is 38.1 Å². The molecule has 3 nitrogen and oxygen atoms in total. The Kier molecular flexibility index (Phi) is 5.52. The van der Waals surface area contributed by atoms with Gasteiger partial charge in [-0.3, -0.25) is 0 Å². The molecule has 1 N–H and O–H groups in total. The smallest absolute Gasteiger partial charge is 0.336 e. The minimum Gasteiger partial charge on any atom is -0.462 e. The maximum atomic E-state index is 13.4. The van der Waals surface area contributed by atoms with E-state index in [9.17, 15) is 14.3 Å². The third-order valence-corrected chi connectivity index (χ3v) is 2.52. The number of aliphatic hydroxyl groups excluding tert-OH is 1. The van der Waals surface area contributed by atoms with Crippen LogP contribution >= 0.6 is 0 Å². The van der Waals surface area contributed by atoms with Crippen molar-refractivity contribution in [1.29, 1.82) is 0 Å². The highest BCUT2D eigenvalue weighted by atomic mass is 19.1. The number of hydrogen-bond acceptors (Lipinski definition) is 3. The first kappa shape index (κ1) is 14.4. The molecule has 0 spiro atoms. The third-order valence-electron chi connectivity index (χ3n) is 2.52. The molecule has 1 aromatic rings. The van der Waals surface area contributed by atoms with E-state index in [-0.39, 0.29) is 17.7 Å². The largest absolute Gasteiger partial charge is 0.462 e. The van der Waals surface area contributed by atoms with Crippen molar-refractivity contribution in [3.05, 3.63) is 47.8 Å². The minimum absolute atomic E-state index is 0.0231. The van der Waals surface area contributed by atoms with Crippen LogP contribution in [0.25, 0.3) is 0 Å². The summed E-state index contributed by atoms with van der Waals surface area (Å²) < 4.78 is 18.3. The second kappa shape index (κ2) is 6.91. The number of carbonyl (C=O) groups is 1. The van der Waals surface area contributed by atoms with E-state index >= 15 is 0 Å². The summed E-state index contributed by atoms with van der Waals surface area (Å²) >= 11 is 0. The van der Waals surface area contributed by atoms with Gasteiger partial charge in [0.2, 0.25) is 0 Å². The Morgan fingerprint density at radius 1 is 1.50 bits per heavy atom. The zero-order valence-electron chi connectivity index (χ0n) is 10.4. The van der Waals surface area contributed by atoms with E-state index in [1.54, 1.807) is 6.07 Å². The van der Waals surface area contributed by atoms with Crippen LogP contribution in [0.1, 0.15) is 31.4 Å². The van der Waals surface area contributed by atoms with Gasteiger partial charge in [-0.15, -0.1) is 0 Å². The lowest BCUT2D eigenvalue weighted by atomic mass is 10.0. The number of ether oxygens (including phenoxy) is 1. The highest BCUT2D eigenvalue weighted by Gasteiger charge is 2.21. The van der Waals surface area contributed by atoms with Crippen molar-refractivity contribution in [2.45, 2.75) is 25.9 Å². The molecule has 0 aliphatic carbocycles. The number of aliphatic hydroxyl groups is 1. The Bertz CT molecular complexity index is 429. The summed E-state index contributed by atoms with van der Waals surface area (Å²) in [5, 5.41) is 9.86. The van der Waals surface area contributed by atoms with Gasteiger partial charge in [0.25, 0.3) is 0 Å². The van der Waals surface area contributed by atoms with Crippen LogP contribution in [0.5, 0.6) is 0 Å². The van der Waals surface area contributed by atoms with Crippen LogP contribution < -0.4 is 0 Å². The maximum Gasteiger partial charge on any atom is 0.336 e. The van der Waals surface area contributed by atoms with Crippen LogP contribution in [0, 0.1) is 5.82 Å². The van der Waals surface area contributed by atoms with Crippen molar-refractivity contribution >= 4 is 5.97 Å². The quantitative estimate of drug-likeness (QED) is 0.481. The lowest BCUT2D eigenvalue weighted by Crippen LogP contribution is -2.15. The molecule has 98 valence electrons. The van der Waals surface area contributed by atoms with Crippen LogP contribution in [0.3, 0.4) is 0 Å². The molecule has 0 saturated carbocycles. The lowest BCUT2D eigenvalue weighted by molar-refractivity contribution is -0.140. The summed E-state index contributed by atoms with van der Waals surface area (Å²) in [7, 11) is 0. The van der Waals surface area contributed by atoms with Crippen LogP contribution in [-0.2, 0) is 9.53 Å². The van der Waals surface area contributed by atoms with Gasteiger partial charge >= 0.3 is 5.97 Å². The molecule has 0 aliphatic heterocycles. The van der Waals surface area contributed by atoms with E-state index < -0.39 is 17.9 Å². The van der Waals surface area contributed by atoms with Crippen molar-refractivity contribution < 1.29 is 19.0 Å². The fourth-order valence-corrected chi connectivity index (χ4v) is 1.40. The van der Waals surface area contributed by atoms with Gasteiger partial charge in [0.05, 0.1) is 12.2 Å². The normalized spacial score (nSPS) is 11.9. The monoisotopic (exact) mass is 252 g/mol. The van der Waals surface area contributed by atoms with E-state index in [0.717, 1.165) is 12.8 Å². The van der Waals surface area contributed by atoms with Crippen LogP contribution in [0.4, 0.5) is 4.39 Å². The van der Waals surface area contributed by atoms with E-state index in [0.29, 0.717) is 0 Å². The Labute approximate surface area is 106 Å². The summed E-state index contributed by atoms with van der Waals surface area (Å²) in [6.07, 6.45) is 0.269. The molecule has 1 atom stereocenters. The van der Waals surface area contributed by atoms with Gasteiger partial charge in [0, 0.05) is 5.56 Å². The molecule has 0 fully saturated rings. The Balaban J connectivity index is 2.67. The summed E-state index contributed by atoms with van der Waals surface area (Å²) in [6, 6.07) is 5.71. The van der Waals surface area contributed by atoms with E-state index in [1.807, 2.05) is 6.92 Å². The molecule has 0 heterocycles. The van der Waals surface area contributed by atoms with Crippen LogP contribution in [-0.4, -0.2) is 17.7 Å². The number of hydrogen-bond donors (Lipinski definition) is 1. The van der Waals surface area contributed by atoms with E-state index in [1.165, 1.54) is 18.2 Å². The summed E-state index contributed by atoms with van der Waals surface area (Å²) in [6.45, 7) is 5.70. The molecule has 4 heteroatoms. The Hall–Kier alpha value is -1.68. The second-order valence-corrected chi connectivity index (χ2v) is 3.94. The van der Waals surface area contributed by atoms with Gasteiger partial charge in [-0.05, 0) is 12.5 Å². The van der Waals surface area contributed by atoms with Gasteiger partial charge in [0.1, 0.15) is 11.9 Å².